The Morgan fingerprint density at radius 3 is 1.33 bits per heavy atom. The molecule has 6 aromatic rings. The zero-order valence-electron chi connectivity index (χ0n) is 29.6. The van der Waals surface area contributed by atoms with Gasteiger partial charge in [0.2, 0.25) is 0 Å². The number of nitrogens with one attached hydrogen (secondary N) is 2. The predicted molar refractivity (Wildman–Crippen MR) is 209 cm³/mol. The van der Waals surface area contributed by atoms with E-state index in [1.807, 2.05) is 43.3 Å². The number of hydrogen-bond acceptors (Lipinski definition) is 8. The number of aryl methyl sites for hydroxylation is 2. The molecule has 0 amide bonds. The predicted octanol–water partition coefficient (Wildman–Crippen LogP) is 9.34. The van der Waals surface area contributed by atoms with Crippen LogP contribution in [0.2, 0.25) is 10.0 Å². The Kier molecular flexibility index (Phi) is 12.5. The molecule has 276 valence electrons. The van der Waals surface area contributed by atoms with Crippen LogP contribution >= 0.6 is 23.2 Å². The van der Waals surface area contributed by atoms with Gasteiger partial charge in [-0.1, -0.05) is 83.9 Å². The van der Waals surface area contributed by atoms with E-state index in [2.05, 4.69) is 20.8 Å². The number of ketones is 2. The van der Waals surface area contributed by atoms with Gasteiger partial charge in [0.1, 0.15) is 34.4 Å². The molecule has 0 atom stereocenters. The topological polar surface area (TPSA) is 128 Å². The lowest BCUT2D eigenvalue weighted by molar-refractivity contribution is 0.101. The molecule has 6 rings (SSSR count). The van der Waals surface area contributed by atoms with Crippen molar-refractivity contribution in [2.24, 2.45) is 0 Å². The molecule has 2 aromatic heterocycles. The van der Waals surface area contributed by atoms with Crippen molar-refractivity contribution in [1.29, 1.82) is 0 Å². The van der Waals surface area contributed by atoms with Crippen LogP contribution in [0, 0.1) is 11.6 Å². The summed E-state index contributed by atoms with van der Waals surface area (Å²) in [6.07, 6.45) is 0. The highest BCUT2D eigenvalue weighted by Crippen LogP contribution is 2.31. The number of carbonyl (C=O) groups excluding carboxylic acids is 2. The summed E-state index contributed by atoms with van der Waals surface area (Å²) in [5.41, 5.74) is 2.15. The van der Waals surface area contributed by atoms with Gasteiger partial charge in [-0.2, -0.15) is 10.2 Å². The second-order valence-electron chi connectivity index (χ2n) is 11.8. The van der Waals surface area contributed by atoms with E-state index in [0.29, 0.717) is 39.2 Å². The Labute approximate surface area is 319 Å². The van der Waals surface area contributed by atoms with E-state index in [0.717, 1.165) is 23.8 Å². The number of halogens is 4. The highest BCUT2D eigenvalue weighted by molar-refractivity contribution is 6.35. The fraction of sp³-hybridized carbons (Fsp3) is 0.150. The van der Waals surface area contributed by atoms with Crippen LogP contribution in [0.5, 0.6) is 0 Å². The monoisotopic (exact) mass is 770 g/mol. The van der Waals surface area contributed by atoms with Crippen LogP contribution in [-0.4, -0.2) is 31.1 Å². The van der Waals surface area contributed by atoms with Crippen LogP contribution in [0.25, 0.3) is 22.5 Å². The third-order valence-corrected chi connectivity index (χ3v) is 8.41. The fourth-order valence-electron chi connectivity index (χ4n) is 5.62. The van der Waals surface area contributed by atoms with Gasteiger partial charge in [-0.25, -0.2) is 18.1 Å². The lowest BCUT2D eigenvalue weighted by atomic mass is 10.0. The Balaban J connectivity index is 0.000000208. The van der Waals surface area contributed by atoms with Crippen molar-refractivity contribution in [3.63, 3.8) is 0 Å². The second kappa shape index (κ2) is 17.2. The van der Waals surface area contributed by atoms with Crippen molar-refractivity contribution in [2.45, 2.75) is 40.8 Å². The average Bonchev–Trinajstić information content (AvgIpc) is 3.13. The number of anilines is 4. The molecule has 54 heavy (non-hydrogen) atoms. The Bertz CT molecular complexity index is 2260. The van der Waals surface area contributed by atoms with Gasteiger partial charge in [0.15, 0.2) is 11.6 Å². The summed E-state index contributed by atoms with van der Waals surface area (Å²) in [6.45, 7) is 6.91. The van der Waals surface area contributed by atoms with Gasteiger partial charge < -0.3 is 10.6 Å². The van der Waals surface area contributed by atoms with Crippen LogP contribution in [-0.2, 0) is 13.1 Å². The summed E-state index contributed by atoms with van der Waals surface area (Å²) < 4.78 is 29.6. The molecule has 0 aliphatic rings. The van der Waals surface area contributed by atoms with Gasteiger partial charge in [-0.3, -0.25) is 19.2 Å². The third-order valence-electron chi connectivity index (χ3n) is 7.97. The SMILES string of the molecule is CCn1nc(-c2ccccc2)c(C(C)=O)c(Nc2cc(Cl)cc(Cl)c2)c1=O.CCn1nc(-c2ccccc2)c(C(C)=O)c(Nc2cc(F)cc(F)c2)c1=O. The van der Waals surface area contributed by atoms with E-state index in [1.165, 1.54) is 23.2 Å². The molecule has 0 saturated carbocycles. The summed E-state index contributed by atoms with van der Waals surface area (Å²) in [5.74, 6) is -2.25. The van der Waals surface area contributed by atoms with Gasteiger partial charge in [0, 0.05) is 51.7 Å². The van der Waals surface area contributed by atoms with Crippen LogP contribution in [0.15, 0.2) is 107 Å². The largest absolute Gasteiger partial charge is 0.350 e. The smallest absolute Gasteiger partial charge is 0.291 e. The summed E-state index contributed by atoms with van der Waals surface area (Å²) in [5, 5.41) is 15.3. The average molecular weight is 772 g/mol. The number of carbonyl (C=O) groups is 2. The highest BCUT2D eigenvalue weighted by atomic mass is 35.5. The van der Waals surface area contributed by atoms with E-state index in [1.54, 1.807) is 49.4 Å². The van der Waals surface area contributed by atoms with E-state index >= 15 is 0 Å². The first-order chi connectivity index (χ1) is 25.8. The quantitative estimate of drug-likeness (QED) is 0.132. The highest BCUT2D eigenvalue weighted by Gasteiger charge is 2.23. The van der Waals surface area contributed by atoms with Crippen LogP contribution in [0.4, 0.5) is 31.5 Å². The lowest BCUT2D eigenvalue weighted by Gasteiger charge is -2.16. The number of benzene rings is 4. The lowest BCUT2D eigenvalue weighted by Crippen LogP contribution is -2.28. The van der Waals surface area contributed by atoms with Crippen molar-refractivity contribution < 1.29 is 18.4 Å². The molecule has 0 aliphatic heterocycles. The molecule has 0 fully saturated rings. The fourth-order valence-corrected chi connectivity index (χ4v) is 6.15. The first-order valence-corrected chi connectivity index (χ1v) is 17.5. The first kappa shape index (κ1) is 39.2. The molecule has 0 spiro atoms. The Morgan fingerprint density at radius 1 is 0.611 bits per heavy atom. The molecule has 0 unspecified atom stereocenters. The van der Waals surface area contributed by atoms with Crippen molar-refractivity contribution in [2.75, 3.05) is 10.6 Å². The number of rotatable bonds is 10. The first-order valence-electron chi connectivity index (χ1n) is 16.7. The zero-order chi connectivity index (χ0) is 39.1. The van der Waals surface area contributed by atoms with Crippen molar-refractivity contribution in [1.82, 2.24) is 19.6 Å². The summed E-state index contributed by atoms with van der Waals surface area (Å²) in [7, 11) is 0. The molecule has 0 radical (unpaired) electrons. The molecule has 4 aromatic carbocycles. The molecular formula is C40H34Cl2F2N6O4. The maximum Gasteiger partial charge on any atom is 0.291 e. The maximum absolute atomic E-state index is 13.5. The summed E-state index contributed by atoms with van der Waals surface area (Å²) >= 11 is 12.1. The van der Waals surface area contributed by atoms with Crippen LogP contribution in [0.1, 0.15) is 48.4 Å². The van der Waals surface area contributed by atoms with E-state index in [4.69, 9.17) is 23.2 Å². The minimum absolute atomic E-state index is 0.0277. The van der Waals surface area contributed by atoms with Crippen molar-refractivity contribution >= 4 is 57.5 Å². The van der Waals surface area contributed by atoms with Gasteiger partial charge in [0.05, 0.1) is 11.1 Å². The summed E-state index contributed by atoms with van der Waals surface area (Å²) in [6, 6.07) is 25.9. The maximum atomic E-state index is 13.5. The van der Waals surface area contributed by atoms with Gasteiger partial charge in [0.25, 0.3) is 11.1 Å². The normalized spacial score (nSPS) is 10.7. The number of aromatic nitrogens is 4. The molecule has 2 N–H and O–H groups in total. The van der Waals surface area contributed by atoms with Gasteiger partial charge in [-0.05, 0) is 58.0 Å². The van der Waals surface area contributed by atoms with Gasteiger partial charge in [-0.15, -0.1) is 0 Å². The summed E-state index contributed by atoms with van der Waals surface area (Å²) in [4.78, 5) is 50.5. The van der Waals surface area contributed by atoms with Gasteiger partial charge >= 0.3 is 0 Å². The Hall–Kier alpha value is -5.98. The molecule has 10 nitrogen and oxygen atoms in total. The van der Waals surface area contributed by atoms with E-state index < -0.39 is 22.8 Å². The zero-order valence-corrected chi connectivity index (χ0v) is 31.1. The molecular weight excluding hydrogens is 737 g/mol. The minimum Gasteiger partial charge on any atom is -0.350 e. The van der Waals surface area contributed by atoms with E-state index in [-0.39, 0.29) is 46.3 Å². The minimum atomic E-state index is -0.796. The third kappa shape index (κ3) is 8.96. The molecule has 14 heteroatoms. The molecule has 0 bridgehead atoms. The number of Topliss-reactive ketones (excluding diaryl/α,β-unsaturated/α-hetero) is 2. The number of nitrogens with zero attached hydrogens (tertiary/aromatic N) is 4. The molecule has 0 aliphatic carbocycles. The van der Waals surface area contributed by atoms with Crippen LogP contribution in [0.3, 0.4) is 0 Å². The second-order valence-corrected chi connectivity index (χ2v) is 12.7. The molecule has 0 saturated heterocycles. The number of hydrogen-bond donors (Lipinski definition) is 2. The van der Waals surface area contributed by atoms with E-state index in [9.17, 15) is 28.0 Å². The standard InChI is InChI=1S/C20H17Cl2N3O2.C20H17F2N3O2/c2*1-3-25-20(27)19(23-16-10-14(21)9-15(22)11-16)17(12(2)26)18(24-25)13-7-5-4-6-8-13/h2*4-11,23H,3H2,1-2H3. The van der Waals surface area contributed by atoms with Crippen LogP contribution < -0.4 is 21.8 Å². The molecule has 2 heterocycles. The van der Waals surface area contributed by atoms with Crippen molar-refractivity contribution in [3.8, 4) is 22.5 Å². The Morgan fingerprint density at radius 2 is 0.981 bits per heavy atom. The van der Waals surface area contributed by atoms with Crippen molar-refractivity contribution in [3.05, 3.63) is 151 Å².